The number of halogens is 2. The molecule has 0 aromatic heterocycles. The molecule has 2 aliphatic heterocycles. The summed E-state index contributed by atoms with van der Waals surface area (Å²) in [7, 11) is 5.32. The summed E-state index contributed by atoms with van der Waals surface area (Å²) in [5.41, 5.74) is -0.623. The van der Waals surface area contributed by atoms with Crippen molar-refractivity contribution < 1.29 is 48.6 Å². The monoisotopic (exact) mass is 891 g/mol. The Kier molecular flexibility index (Phi) is 18.3. The Morgan fingerprint density at radius 3 is 2.15 bits per heavy atom. The number of hydrogen-bond donors (Lipinski definition) is 3. The third-order valence-corrected chi connectivity index (χ3v) is 12.9. The molecule has 0 radical (unpaired) electrons. The predicted molar refractivity (Wildman–Crippen MR) is 237 cm³/mol. The molecule has 61 heavy (non-hydrogen) atoms. The minimum absolute atomic E-state index is 0.0265. The van der Waals surface area contributed by atoms with Crippen LogP contribution in [-0.2, 0) is 39.7 Å². The summed E-state index contributed by atoms with van der Waals surface area (Å²) in [6.45, 7) is 14.0. The van der Waals surface area contributed by atoms with Gasteiger partial charge in [0.2, 0.25) is 0 Å². The Bertz CT molecular complexity index is 1810. The fourth-order valence-corrected chi connectivity index (χ4v) is 8.93. The zero-order valence-corrected chi connectivity index (χ0v) is 39.0. The zero-order valence-electron chi connectivity index (χ0n) is 37.5. The number of aliphatic hydroxyl groups excluding tert-OH is 2. The van der Waals surface area contributed by atoms with Crippen molar-refractivity contribution in [1.82, 2.24) is 4.90 Å². The molecule has 3 N–H and O–H groups in total. The van der Waals surface area contributed by atoms with Crippen LogP contribution in [-0.4, -0.2) is 125 Å². The van der Waals surface area contributed by atoms with E-state index in [1.54, 1.807) is 64.3 Å². The van der Waals surface area contributed by atoms with Crippen LogP contribution in [0.1, 0.15) is 92.2 Å². The summed E-state index contributed by atoms with van der Waals surface area (Å²) < 4.78 is 31.7. The number of benzene rings is 2. The second-order valence-corrected chi connectivity index (χ2v) is 18.5. The summed E-state index contributed by atoms with van der Waals surface area (Å²) in [6, 6.07) is 13.8. The Hall–Kier alpha value is -2.98. The highest BCUT2D eigenvalue weighted by Gasteiger charge is 2.51. The Balaban J connectivity index is 1.88. The number of methoxy groups -OCH3 is 1. The van der Waals surface area contributed by atoms with E-state index in [4.69, 9.17) is 52.0 Å². The van der Waals surface area contributed by atoms with Gasteiger partial charge in [-0.05, 0) is 109 Å². The van der Waals surface area contributed by atoms with Gasteiger partial charge < -0.3 is 43.9 Å². The van der Waals surface area contributed by atoms with Gasteiger partial charge >= 0.3 is 11.9 Å². The minimum Gasteiger partial charge on any atom is -0.465 e. The quantitative estimate of drug-likeness (QED) is 0.122. The van der Waals surface area contributed by atoms with Gasteiger partial charge in [-0.15, -0.1) is 0 Å². The molecule has 2 heterocycles. The third kappa shape index (κ3) is 13.0. The maximum atomic E-state index is 14.0. The van der Waals surface area contributed by atoms with Gasteiger partial charge in [0.1, 0.15) is 17.8 Å². The number of rotatable bonds is 11. The number of likely N-dealkylation sites (N-methyl/N-ethyl adjacent to an activating group) is 1. The van der Waals surface area contributed by atoms with E-state index in [2.05, 4.69) is 5.10 Å². The van der Waals surface area contributed by atoms with Crippen LogP contribution in [0.4, 0.5) is 0 Å². The van der Waals surface area contributed by atoms with Crippen LogP contribution < -0.4 is 0 Å². The minimum atomic E-state index is -1.90. The number of hydrogen-bond acceptors (Lipinski definition) is 13. The summed E-state index contributed by atoms with van der Waals surface area (Å²) in [6.07, 6.45) is -4.96. The number of ether oxygens (including phenoxy) is 5. The van der Waals surface area contributed by atoms with E-state index in [9.17, 15) is 24.9 Å². The fourth-order valence-electron chi connectivity index (χ4n) is 8.68. The Morgan fingerprint density at radius 2 is 1.57 bits per heavy atom. The van der Waals surface area contributed by atoms with Gasteiger partial charge in [-0.3, -0.25) is 9.59 Å². The molecule has 2 aromatic rings. The molecule has 2 fully saturated rings. The second kappa shape index (κ2) is 22.1. The van der Waals surface area contributed by atoms with Gasteiger partial charge in [0, 0.05) is 40.7 Å². The van der Waals surface area contributed by atoms with Crippen molar-refractivity contribution in [3.05, 3.63) is 69.7 Å². The van der Waals surface area contributed by atoms with Crippen LogP contribution >= 0.6 is 23.2 Å². The van der Waals surface area contributed by atoms with Gasteiger partial charge in [0.15, 0.2) is 6.29 Å². The van der Waals surface area contributed by atoms with Crippen molar-refractivity contribution in [3.8, 4) is 0 Å². The normalized spacial score (nSPS) is 35.4. The van der Waals surface area contributed by atoms with E-state index in [-0.39, 0.29) is 44.4 Å². The molecule has 15 heteroatoms. The topological polar surface area (TPSA) is 169 Å². The fraction of sp³-hybridized carbons (Fsp3) is 0.652. The van der Waals surface area contributed by atoms with E-state index in [1.807, 2.05) is 58.8 Å². The van der Waals surface area contributed by atoms with E-state index in [1.165, 1.54) is 6.92 Å². The van der Waals surface area contributed by atoms with Crippen LogP contribution in [0.5, 0.6) is 0 Å². The van der Waals surface area contributed by atoms with Crippen molar-refractivity contribution >= 4 is 46.6 Å². The number of cyclic esters (lactones) is 1. The second-order valence-electron chi connectivity index (χ2n) is 17.6. The molecule has 2 saturated heterocycles. The lowest BCUT2D eigenvalue weighted by Gasteiger charge is -2.48. The summed E-state index contributed by atoms with van der Waals surface area (Å²) in [5, 5.41) is 46.2. The lowest BCUT2D eigenvalue weighted by Crippen LogP contribution is -2.59. The molecular weight excluding hydrogens is 825 g/mol. The highest BCUT2D eigenvalue weighted by molar-refractivity contribution is 6.30. The zero-order chi connectivity index (χ0) is 45.4. The number of carbonyl (C=O) groups is 2. The molecule has 13 atom stereocenters. The lowest BCUT2D eigenvalue weighted by atomic mass is 9.74. The predicted octanol–water partition coefficient (Wildman–Crippen LogP) is 6.91. The van der Waals surface area contributed by atoms with Crippen molar-refractivity contribution in [1.29, 1.82) is 0 Å². The molecule has 0 bridgehead atoms. The van der Waals surface area contributed by atoms with Gasteiger partial charge in [-0.25, -0.2) is 0 Å². The first-order chi connectivity index (χ1) is 28.6. The highest BCUT2D eigenvalue weighted by Crippen LogP contribution is 2.40. The third-order valence-electron chi connectivity index (χ3n) is 12.4. The first-order valence-corrected chi connectivity index (χ1v) is 22.0. The van der Waals surface area contributed by atoms with Gasteiger partial charge in [0.25, 0.3) is 0 Å². The van der Waals surface area contributed by atoms with Gasteiger partial charge in [0.05, 0.1) is 48.6 Å². The average Bonchev–Trinajstić information content (AvgIpc) is 3.21. The number of aliphatic hydroxyl groups is 3. The molecule has 2 aliphatic rings. The number of nitrogens with zero attached hydrogens (tertiary/aromatic N) is 3. The first kappa shape index (κ1) is 50.7. The van der Waals surface area contributed by atoms with E-state index in [0.29, 0.717) is 33.5 Å². The molecule has 4 rings (SSSR count). The van der Waals surface area contributed by atoms with Crippen LogP contribution in [0.15, 0.2) is 58.7 Å². The maximum Gasteiger partial charge on any atom is 0.310 e. The van der Waals surface area contributed by atoms with E-state index >= 15 is 0 Å². The van der Waals surface area contributed by atoms with E-state index < -0.39 is 77.5 Å². The van der Waals surface area contributed by atoms with Crippen LogP contribution in [0, 0.1) is 23.7 Å². The number of carbonyl (C=O) groups excluding carboxylic acids is 2. The Morgan fingerprint density at radius 1 is 0.967 bits per heavy atom. The Labute approximate surface area is 371 Å². The first-order valence-electron chi connectivity index (χ1n) is 21.2. The van der Waals surface area contributed by atoms with Crippen LogP contribution in [0.25, 0.3) is 0 Å². The molecule has 13 nitrogen and oxygen atoms in total. The molecule has 13 unspecified atom stereocenters. The van der Waals surface area contributed by atoms with E-state index in [0.717, 1.165) is 5.56 Å². The lowest BCUT2D eigenvalue weighted by molar-refractivity contribution is -0.299. The smallest absolute Gasteiger partial charge is 0.310 e. The standard InChI is InChI=1S/C46H67Cl2N3O10/c1-12-37-46(8,56)41(54)29(5)39(50-49-30(6)32-15-19-35(48)20-16-32)27(3)24-45(7,57-11)42(61-44-40(53)36(51(9)10)22-28(4)59-44)33(21-26(2)43(55)60-37)25-58-38(52)23-31-13-17-34(47)18-14-31/h13-20,26-29,33,36-37,40-42,44,53-54,56H,12,21-25H2,1-11H3. The summed E-state index contributed by atoms with van der Waals surface area (Å²) >= 11 is 12.2. The molecule has 0 amide bonds. The van der Waals surface area contributed by atoms with Gasteiger partial charge in [-0.2, -0.15) is 10.2 Å². The molecule has 0 spiro atoms. The van der Waals surface area contributed by atoms with Crippen molar-refractivity contribution in [2.75, 3.05) is 27.8 Å². The highest BCUT2D eigenvalue weighted by atomic mass is 35.5. The van der Waals surface area contributed by atoms with Crippen molar-refractivity contribution in [2.45, 2.75) is 142 Å². The summed E-state index contributed by atoms with van der Waals surface area (Å²) in [4.78, 5) is 29.5. The molecular formula is C46H67Cl2N3O10. The average molecular weight is 893 g/mol. The summed E-state index contributed by atoms with van der Waals surface area (Å²) in [5.74, 6) is -3.96. The van der Waals surface area contributed by atoms with Crippen molar-refractivity contribution in [2.24, 2.45) is 33.9 Å². The van der Waals surface area contributed by atoms with Crippen LogP contribution in [0.2, 0.25) is 10.0 Å². The maximum absolute atomic E-state index is 14.0. The van der Waals surface area contributed by atoms with Crippen molar-refractivity contribution in [3.63, 3.8) is 0 Å². The molecule has 340 valence electrons. The largest absolute Gasteiger partial charge is 0.465 e. The SMILES string of the molecule is CCC1OC(=O)C(C)CC(COC(=O)Cc2ccc(Cl)cc2)C(OC2OC(C)CC(N(C)C)C2O)C(C)(OC)CC(C)C(=NN=C(C)c2ccc(Cl)cc2)C(C)C(O)C1(C)O. The van der Waals surface area contributed by atoms with Crippen LogP contribution in [0.3, 0.4) is 0 Å². The van der Waals surface area contributed by atoms with Gasteiger partial charge in [-0.1, -0.05) is 75.2 Å². The number of esters is 2. The molecule has 0 saturated carbocycles. The molecule has 0 aliphatic carbocycles. The molecule has 2 aromatic carbocycles.